The highest BCUT2D eigenvalue weighted by molar-refractivity contribution is 7.10. The zero-order chi connectivity index (χ0) is 14.4. The van der Waals surface area contributed by atoms with E-state index < -0.39 is 0 Å². The summed E-state index contributed by atoms with van der Waals surface area (Å²) < 4.78 is 5.99. The molecule has 0 radical (unpaired) electrons. The highest BCUT2D eigenvalue weighted by Crippen LogP contribution is 2.48. The van der Waals surface area contributed by atoms with E-state index in [4.69, 9.17) is 4.74 Å². The second-order valence-corrected chi connectivity index (χ2v) is 6.76. The largest absolute Gasteiger partial charge is 0.465 e. The van der Waals surface area contributed by atoms with E-state index in [1.807, 2.05) is 17.5 Å². The molecule has 1 aromatic heterocycles. The van der Waals surface area contributed by atoms with Crippen molar-refractivity contribution in [3.63, 3.8) is 0 Å². The molecule has 2 heterocycles. The summed E-state index contributed by atoms with van der Waals surface area (Å²) in [5, 5.41) is 2.01. The Labute approximate surface area is 127 Å². The Kier molecular flexibility index (Phi) is 3.07. The monoisotopic (exact) mass is 300 g/mol. The zero-order valence-corrected chi connectivity index (χ0v) is 12.5. The van der Waals surface area contributed by atoms with E-state index in [9.17, 15) is 9.59 Å². The molecule has 0 fully saturated rings. The average Bonchev–Trinajstić information content (AvgIpc) is 3.00. The fourth-order valence-corrected chi connectivity index (χ4v) is 4.40. The highest BCUT2D eigenvalue weighted by atomic mass is 32.1. The first-order valence-electron chi connectivity index (χ1n) is 7.49. The molecule has 0 atom stereocenters. The molecule has 1 aromatic rings. The number of ether oxygens (including phenoxy) is 1. The first-order valence-corrected chi connectivity index (χ1v) is 8.37. The predicted octanol–water partition coefficient (Wildman–Crippen LogP) is 3.88. The molecule has 0 spiro atoms. The number of hydrogen-bond acceptors (Lipinski definition) is 4. The predicted molar refractivity (Wildman–Crippen MR) is 79.9 cm³/mol. The Balaban J connectivity index is 1.91. The van der Waals surface area contributed by atoms with Crippen LogP contribution < -0.4 is 0 Å². The average molecular weight is 300 g/mol. The van der Waals surface area contributed by atoms with Crippen LogP contribution in [0.4, 0.5) is 0 Å². The third-order valence-electron chi connectivity index (χ3n) is 4.47. The van der Waals surface area contributed by atoms with Crippen LogP contribution in [0.25, 0.3) is 0 Å². The molecule has 21 heavy (non-hydrogen) atoms. The van der Waals surface area contributed by atoms with Gasteiger partial charge in [-0.25, -0.2) is 0 Å². The minimum atomic E-state index is -0.177. The summed E-state index contributed by atoms with van der Waals surface area (Å²) in [5.74, 6) is 1.76. The van der Waals surface area contributed by atoms with Crippen LogP contribution in [0.1, 0.15) is 49.3 Å². The molecule has 3 aliphatic rings. The van der Waals surface area contributed by atoms with E-state index >= 15 is 0 Å². The maximum atomic E-state index is 12.4. The first-order chi connectivity index (χ1) is 10.3. The number of rotatable bonds is 1. The lowest BCUT2D eigenvalue weighted by Crippen LogP contribution is -2.29. The molecule has 0 N–H and O–H groups in total. The molecule has 2 aliphatic carbocycles. The molecule has 0 saturated heterocycles. The van der Waals surface area contributed by atoms with Crippen LogP contribution in [0.2, 0.25) is 0 Å². The second kappa shape index (κ2) is 4.95. The van der Waals surface area contributed by atoms with E-state index in [0.29, 0.717) is 12.8 Å². The van der Waals surface area contributed by atoms with E-state index in [0.717, 1.165) is 53.2 Å². The number of Topliss-reactive ketones (excluding diaryl/α,β-unsaturated/α-hetero) is 2. The van der Waals surface area contributed by atoms with Crippen molar-refractivity contribution < 1.29 is 14.3 Å². The Morgan fingerprint density at radius 3 is 2.10 bits per heavy atom. The van der Waals surface area contributed by atoms with Gasteiger partial charge in [0.2, 0.25) is 0 Å². The van der Waals surface area contributed by atoms with Crippen LogP contribution in [-0.2, 0) is 14.3 Å². The molecule has 1 aliphatic heterocycles. The van der Waals surface area contributed by atoms with Crippen molar-refractivity contribution in [3.8, 4) is 0 Å². The summed E-state index contributed by atoms with van der Waals surface area (Å²) in [6, 6.07) is 4.01. The van der Waals surface area contributed by atoms with E-state index in [2.05, 4.69) is 0 Å². The fraction of sp³-hybridized carbons (Fsp3) is 0.412. The second-order valence-electron chi connectivity index (χ2n) is 5.78. The maximum Gasteiger partial charge on any atom is 0.163 e. The van der Waals surface area contributed by atoms with E-state index in [1.54, 1.807) is 11.3 Å². The van der Waals surface area contributed by atoms with Crippen LogP contribution in [0.15, 0.2) is 40.2 Å². The minimum Gasteiger partial charge on any atom is -0.465 e. The number of ketones is 2. The third-order valence-corrected chi connectivity index (χ3v) is 5.41. The maximum absolute atomic E-state index is 12.4. The van der Waals surface area contributed by atoms with Crippen molar-refractivity contribution in [1.82, 2.24) is 0 Å². The molecular weight excluding hydrogens is 284 g/mol. The summed E-state index contributed by atoms with van der Waals surface area (Å²) in [6.45, 7) is 0. The molecule has 0 aromatic carbocycles. The quantitative estimate of drug-likeness (QED) is 0.790. The normalized spacial score (nSPS) is 23.0. The number of hydrogen-bond donors (Lipinski definition) is 0. The molecular formula is C17H16O3S. The zero-order valence-electron chi connectivity index (χ0n) is 11.7. The lowest BCUT2D eigenvalue weighted by molar-refractivity contribution is -0.117. The topological polar surface area (TPSA) is 43.4 Å². The van der Waals surface area contributed by atoms with Gasteiger partial charge in [0.05, 0.1) is 5.92 Å². The van der Waals surface area contributed by atoms with Crippen molar-refractivity contribution in [3.05, 3.63) is 45.1 Å². The number of thiophene rings is 1. The molecule has 3 nitrogen and oxygen atoms in total. The molecule has 0 bridgehead atoms. The van der Waals surface area contributed by atoms with Gasteiger partial charge in [-0.05, 0) is 24.3 Å². The van der Waals surface area contributed by atoms with Crippen molar-refractivity contribution in [2.24, 2.45) is 0 Å². The van der Waals surface area contributed by atoms with Crippen molar-refractivity contribution in [1.29, 1.82) is 0 Å². The standard InChI is InChI=1S/C17H16O3S/c18-10-4-1-6-12-15(10)17(14-8-3-9-21-14)16-11(19)5-2-7-13(16)20-12/h3,8-9,17H,1-2,4-7H2. The van der Waals surface area contributed by atoms with Gasteiger partial charge in [-0.1, -0.05) is 6.07 Å². The van der Waals surface area contributed by atoms with Gasteiger partial charge in [0, 0.05) is 41.7 Å². The Morgan fingerprint density at radius 2 is 1.57 bits per heavy atom. The van der Waals surface area contributed by atoms with Crippen LogP contribution in [-0.4, -0.2) is 11.6 Å². The van der Waals surface area contributed by atoms with Crippen molar-refractivity contribution in [2.45, 2.75) is 44.4 Å². The van der Waals surface area contributed by atoms with Crippen molar-refractivity contribution >= 4 is 22.9 Å². The summed E-state index contributed by atoms with van der Waals surface area (Å²) in [6.07, 6.45) is 4.47. The summed E-state index contributed by atoms with van der Waals surface area (Å²) in [7, 11) is 0. The SMILES string of the molecule is O=C1CCCC2=C1C(c1cccs1)C1=C(CCCC1=O)O2. The fourth-order valence-electron chi connectivity index (χ4n) is 3.56. The van der Waals surface area contributed by atoms with Crippen LogP contribution in [0, 0.1) is 0 Å². The number of carbonyl (C=O) groups is 2. The van der Waals surface area contributed by atoms with Gasteiger partial charge in [0.25, 0.3) is 0 Å². The van der Waals surface area contributed by atoms with Gasteiger partial charge in [-0.3, -0.25) is 9.59 Å². The summed E-state index contributed by atoms with van der Waals surface area (Å²) in [5.41, 5.74) is 1.50. The van der Waals surface area contributed by atoms with Gasteiger partial charge in [-0.15, -0.1) is 11.3 Å². The summed E-state index contributed by atoms with van der Waals surface area (Å²) >= 11 is 1.62. The van der Waals surface area contributed by atoms with Crippen LogP contribution in [0.5, 0.6) is 0 Å². The van der Waals surface area contributed by atoms with Crippen LogP contribution >= 0.6 is 11.3 Å². The molecule has 4 heteroatoms. The molecule has 0 unspecified atom stereocenters. The van der Waals surface area contributed by atoms with Gasteiger partial charge >= 0.3 is 0 Å². The first kappa shape index (κ1) is 13.0. The minimum absolute atomic E-state index is 0.152. The van der Waals surface area contributed by atoms with E-state index in [-0.39, 0.29) is 17.5 Å². The Bertz CT molecular complexity index is 637. The molecule has 0 saturated carbocycles. The number of carbonyl (C=O) groups excluding carboxylic acids is 2. The Morgan fingerprint density at radius 1 is 0.952 bits per heavy atom. The van der Waals surface area contributed by atoms with Gasteiger partial charge in [0.1, 0.15) is 11.5 Å². The van der Waals surface area contributed by atoms with Crippen LogP contribution in [0.3, 0.4) is 0 Å². The highest BCUT2D eigenvalue weighted by Gasteiger charge is 2.41. The smallest absolute Gasteiger partial charge is 0.163 e. The Hall–Kier alpha value is -1.68. The summed E-state index contributed by atoms with van der Waals surface area (Å²) in [4.78, 5) is 26.0. The molecule has 108 valence electrons. The van der Waals surface area contributed by atoms with E-state index in [1.165, 1.54) is 0 Å². The third kappa shape index (κ3) is 2.01. The van der Waals surface area contributed by atoms with Gasteiger partial charge < -0.3 is 4.74 Å². The molecule has 4 rings (SSSR count). The van der Waals surface area contributed by atoms with Gasteiger partial charge in [-0.2, -0.15) is 0 Å². The lowest BCUT2D eigenvalue weighted by atomic mass is 9.75. The molecule has 0 amide bonds. The number of allylic oxidation sites excluding steroid dienone is 4. The van der Waals surface area contributed by atoms with Crippen molar-refractivity contribution in [2.75, 3.05) is 0 Å². The van der Waals surface area contributed by atoms with Gasteiger partial charge in [0.15, 0.2) is 11.6 Å². The lowest BCUT2D eigenvalue weighted by Gasteiger charge is -2.35.